The van der Waals surface area contributed by atoms with Gasteiger partial charge in [0.25, 0.3) is 5.89 Å². The lowest BCUT2D eigenvalue weighted by Crippen LogP contribution is -2.52. The van der Waals surface area contributed by atoms with Gasteiger partial charge in [-0.2, -0.15) is 10.2 Å². The third-order valence-electron chi connectivity index (χ3n) is 8.50. The van der Waals surface area contributed by atoms with E-state index < -0.39 is 0 Å². The fourth-order valence-electron chi connectivity index (χ4n) is 7.46. The van der Waals surface area contributed by atoms with Gasteiger partial charge in [0.2, 0.25) is 23.4 Å². The van der Waals surface area contributed by atoms with Crippen LogP contribution in [0.15, 0.2) is 27.2 Å². The lowest BCUT2D eigenvalue weighted by molar-refractivity contribution is -0.135. The molecule has 2 aromatic heterocycles. The van der Waals surface area contributed by atoms with Gasteiger partial charge >= 0.3 is 0 Å². The molecule has 0 spiro atoms. The maximum atomic E-state index is 12.8. The van der Waals surface area contributed by atoms with Crippen molar-refractivity contribution >= 4 is 17.7 Å². The molecule has 9 heteroatoms. The number of oxazole rings is 1. The first kappa shape index (κ1) is 22.2. The van der Waals surface area contributed by atoms with Gasteiger partial charge < -0.3 is 24.0 Å². The summed E-state index contributed by atoms with van der Waals surface area (Å²) in [5.41, 5.74) is 0.380. The van der Waals surface area contributed by atoms with Crippen LogP contribution in [0.1, 0.15) is 50.6 Å². The Morgan fingerprint density at radius 1 is 1.11 bits per heavy atom. The number of hydrogen-bond donors (Lipinski definition) is 1. The number of nitrogens with one attached hydrogen (secondary N) is 1. The molecule has 2 aromatic rings. The van der Waals surface area contributed by atoms with Crippen molar-refractivity contribution < 1.29 is 18.4 Å². The molecule has 5 aliphatic rings. The van der Waals surface area contributed by atoms with E-state index in [2.05, 4.69) is 16.4 Å². The zero-order valence-electron chi connectivity index (χ0n) is 19.9. The Morgan fingerprint density at radius 2 is 1.80 bits per heavy atom. The average Bonchev–Trinajstić information content (AvgIpc) is 3.51. The Hall–Kier alpha value is -3.28. The Labute approximate surface area is 204 Å². The van der Waals surface area contributed by atoms with Crippen molar-refractivity contribution in [3.8, 4) is 17.7 Å². The van der Waals surface area contributed by atoms with E-state index in [-0.39, 0.29) is 35.4 Å². The normalized spacial score (nSPS) is 29.3. The Morgan fingerprint density at radius 3 is 2.40 bits per heavy atom. The number of hydrogen-bond acceptors (Lipinski definition) is 7. The predicted molar refractivity (Wildman–Crippen MR) is 126 cm³/mol. The highest BCUT2D eigenvalue weighted by Gasteiger charge is 2.51. The van der Waals surface area contributed by atoms with Gasteiger partial charge in [0.05, 0.1) is 12.8 Å². The van der Waals surface area contributed by atoms with Crippen LogP contribution in [0, 0.1) is 34.5 Å². The maximum Gasteiger partial charge on any atom is 0.266 e. The number of rotatable bonds is 6. The molecule has 1 saturated heterocycles. The minimum absolute atomic E-state index is 0.0183. The average molecular weight is 478 g/mol. The molecule has 3 heterocycles. The van der Waals surface area contributed by atoms with Crippen molar-refractivity contribution in [1.29, 1.82) is 5.26 Å². The first-order valence-corrected chi connectivity index (χ1v) is 12.7. The highest BCUT2D eigenvalue weighted by Crippen LogP contribution is 2.61. The molecule has 4 saturated carbocycles. The zero-order valence-corrected chi connectivity index (χ0v) is 19.9. The molecular weight excluding hydrogens is 446 g/mol. The van der Waals surface area contributed by atoms with E-state index >= 15 is 0 Å². The molecule has 0 unspecified atom stereocenters. The fourth-order valence-corrected chi connectivity index (χ4v) is 7.46. The summed E-state index contributed by atoms with van der Waals surface area (Å²) in [6.07, 6.45) is 9.75. The number of furan rings is 1. The number of piperazine rings is 1. The summed E-state index contributed by atoms with van der Waals surface area (Å²) < 4.78 is 11.1. The molecule has 184 valence electrons. The quantitative estimate of drug-likeness (QED) is 0.679. The molecular formula is C26H31N5O4. The van der Waals surface area contributed by atoms with E-state index in [4.69, 9.17) is 8.83 Å². The SMILES string of the molecule is N#Cc1nc(-c2ccco2)oc1N1CCN(C(=O)CNC(=O)CC23CC4CC(CC(C4)C2)C3)CC1. The number of amides is 2. The Bertz CT molecular complexity index is 1100. The molecule has 2 amide bonds. The Kier molecular flexibility index (Phi) is 5.54. The van der Waals surface area contributed by atoms with E-state index in [9.17, 15) is 14.9 Å². The maximum absolute atomic E-state index is 12.8. The monoisotopic (exact) mass is 477 g/mol. The molecule has 0 atom stereocenters. The number of carbonyl (C=O) groups is 2. The molecule has 0 radical (unpaired) electrons. The van der Waals surface area contributed by atoms with Gasteiger partial charge in [0.15, 0.2) is 5.76 Å². The summed E-state index contributed by atoms with van der Waals surface area (Å²) in [5.74, 6) is 3.51. The smallest absolute Gasteiger partial charge is 0.266 e. The standard InChI is InChI=1S/C26H31N5O4/c27-15-20-25(35-24(29-20)21-2-1-7-34-21)31-5-3-30(4-6-31)23(33)16-28-22(32)14-26-11-17-8-18(12-26)10-19(9-17)13-26/h1-2,7,17-19H,3-6,8-14,16H2,(H,28,32). The van der Waals surface area contributed by atoms with Crippen molar-refractivity contribution in [2.24, 2.45) is 23.2 Å². The van der Waals surface area contributed by atoms with Gasteiger partial charge in [0.1, 0.15) is 6.07 Å². The summed E-state index contributed by atoms with van der Waals surface area (Å²) in [6.45, 7) is 2.07. The van der Waals surface area contributed by atoms with Crippen LogP contribution in [0.4, 0.5) is 5.88 Å². The molecule has 9 nitrogen and oxygen atoms in total. The van der Waals surface area contributed by atoms with Crippen LogP contribution in [0.25, 0.3) is 11.7 Å². The first-order chi connectivity index (χ1) is 17.0. The minimum atomic E-state index is -0.0714. The number of nitriles is 1. The summed E-state index contributed by atoms with van der Waals surface area (Å²) in [5, 5.41) is 12.4. The van der Waals surface area contributed by atoms with E-state index in [1.165, 1.54) is 44.8 Å². The van der Waals surface area contributed by atoms with Crippen LogP contribution in [0.2, 0.25) is 0 Å². The van der Waals surface area contributed by atoms with Crippen molar-refractivity contribution in [3.05, 3.63) is 24.1 Å². The van der Waals surface area contributed by atoms with Crippen molar-refractivity contribution in [3.63, 3.8) is 0 Å². The molecule has 35 heavy (non-hydrogen) atoms. The largest absolute Gasteiger partial charge is 0.459 e. The van der Waals surface area contributed by atoms with Gasteiger partial charge in [-0.3, -0.25) is 9.59 Å². The van der Waals surface area contributed by atoms with Crippen LogP contribution in [0.3, 0.4) is 0 Å². The van der Waals surface area contributed by atoms with Crippen LogP contribution in [0.5, 0.6) is 0 Å². The predicted octanol–water partition coefficient (Wildman–Crippen LogP) is 3.18. The van der Waals surface area contributed by atoms with E-state index in [1.807, 2.05) is 4.90 Å². The minimum Gasteiger partial charge on any atom is -0.459 e. The lowest BCUT2D eigenvalue weighted by Gasteiger charge is -2.56. The molecule has 1 aliphatic heterocycles. The molecule has 4 aliphatic carbocycles. The van der Waals surface area contributed by atoms with Gasteiger partial charge in [-0.15, -0.1) is 0 Å². The van der Waals surface area contributed by atoms with E-state index in [1.54, 1.807) is 17.0 Å². The van der Waals surface area contributed by atoms with Gasteiger partial charge in [-0.05, 0) is 73.8 Å². The van der Waals surface area contributed by atoms with E-state index in [0.717, 1.165) is 17.8 Å². The molecule has 4 bridgehead atoms. The number of aromatic nitrogens is 1. The molecule has 5 fully saturated rings. The highest BCUT2D eigenvalue weighted by molar-refractivity contribution is 5.85. The second-order valence-corrected chi connectivity index (χ2v) is 11.0. The number of anilines is 1. The molecule has 7 rings (SSSR count). The third-order valence-corrected chi connectivity index (χ3v) is 8.50. The third kappa shape index (κ3) is 4.30. The second kappa shape index (κ2) is 8.74. The Balaban J connectivity index is 0.999. The first-order valence-electron chi connectivity index (χ1n) is 12.7. The molecule has 1 N–H and O–H groups in total. The topological polar surface area (TPSA) is 116 Å². The fraction of sp³-hybridized carbons (Fsp3) is 0.615. The highest BCUT2D eigenvalue weighted by atomic mass is 16.4. The van der Waals surface area contributed by atoms with Crippen LogP contribution < -0.4 is 10.2 Å². The molecule has 0 aromatic carbocycles. The van der Waals surface area contributed by atoms with Crippen molar-refractivity contribution in [1.82, 2.24) is 15.2 Å². The zero-order chi connectivity index (χ0) is 24.0. The van der Waals surface area contributed by atoms with Crippen LogP contribution in [-0.2, 0) is 9.59 Å². The number of carbonyl (C=O) groups excluding carboxylic acids is 2. The summed E-state index contributed by atoms with van der Waals surface area (Å²) in [4.78, 5) is 33.5. The summed E-state index contributed by atoms with van der Waals surface area (Å²) in [6, 6.07) is 5.54. The summed E-state index contributed by atoms with van der Waals surface area (Å²) in [7, 11) is 0. The van der Waals surface area contributed by atoms with Crippen LogP contribution in [-0.4, -0.2) is 54.4 Å². The number of nitrogens with zero attached hydrogens (tertiary/aromatic N) is 4. The van der Waals surface area contributed by atoms with Crippen molar-refractivity contribution in [2.75, 3.05) is 37.6 Å². The van der Waals surface area contributed by atoms with Gasteiger partial charge in [0, 0.05) is 32.6 Å². The van der Waals surface area contributed by atoms with Gasteiger partial charge in [-0.1, -0.05) is 0 Å². The summed E-state index contributed by atoms with van der Waals surface area (Å²) >= 11 is 0. The van der Waals surface area contributed by atoms with Crippen molar-refractivity contribution in [2.45, 2.75) is 44.9 Å². The van der Waals surface area contributed by atoms with Crippen LogP contribution >= 0.6 is 0 Å². The lowest BCUT2D eigenvalue weighted by atomic mass is 9.49. The second-order valence-electron chi connectivity index (χ2n) is 11.0. The van der Waals surface area contributed by atoms with E-state index in [0.29, 0.717) is 44.2 Å². The van der Waals surface area contributed by atoms with Gasteiger partial charge in [-0.25, -0.2) is 0 Å².